The van der Waals surface area contributed by atoms with Gasteiger partial charge in [0.1, 0.15) is 0 Å². The van der Waals surface area contributed by atoms with Crippen LogP contribution >= 0.6 is 15.9 Å². The molecule has 2 aromatic carbocycles. The van der Waals surface area contributed by atoms with Crippen molar-refractivity contribution in [3.05, 3.63) is 70.2 Å². The minimum atomic E-state index is -0.147. The Kier molecular flexibility index (Phi) is 4.63. The third-order valence-corrected chi connectivity index (χ3v) is 5.15. The molecule has 0 heterocycles. The van der Waals surface area contributed by atoms with Gasteiger partial charge < -0.3 is 4.90 Å². The van der Waals surface area contributed by atoms with Gasteiger partial charge in [0.15, 0.2) is 0 Å². The highest BCUT2D eigenvalue weighted by Crippen LogP contribution is 2.44. The van der Waals surface area contributed by atoms with E-state index in [2.05, 4.69) is 52.3 Å². The molecule has 3 heteroatoms. The number of benzene rings is 2. The van der Waals surface area contributed by atoms with Gasteiger partial charge in [0.05, 0.1) is 5.54 Å². The van der Waals surface area contributed by atoms with E-state index < -0.39 is 0 Å². The van der Waals surface area contributed by atoms with Gasteiger partial charge in [-0.05, 0) is 36.1 Å². The summed E-state index contributed by atoms with van der Waals surface area (Å²) in [5.41, 5.74) is 2.27. The van der Waals surface area contributed by atoms with E-state index >= 15 is 0 Å². The molecule has 0 spiro atoms. The van der Waals surface area contributed by atoms with Gasteiger partial charge in [0, 0.05) is 11.0 Å². The lowest BCUT2D eigenvalue weighted by molar-refractivity contribution is -0.125. The van der Waals surface area contributed by atoms with Crippen LogP contribution < -0.4 is 0 Å². The van der Waals surface area contributed by atoms with Gasteiger partial charge in [-0.3, -0.25) is 4.79 Å². The standard InChI is InChI=1S/C19H20BrNO/c20-18-10-6-7-16(13-18)14-21(15-22)19(11-4-5-12-19)17-8-2-1-3-9-17/h1-3,6-10,13,15H,4-5,11-12,14H2. The topological polar surface area (TPSA) is 20.3 Å². The molecule has 3 rings (SSSR count). The number of hydrogen-bond acceptors (Lipinski definition) is 1. The summed E-state index contributed by atoms with van der Waals surface area (Å²) in [4.78, 5) is 13.9. The SMILES string of the molecule is O=CN(Cc1cccc(Br)c1)C1(c2ccccc2)CCCC1. The zero-order valence-electron chi connectivity index (χ0n) is 12.5. The normalized spacial score (nSPS) is 16.4. The zero-order chi connectivity index (χ0) is 15.4. The molecular formula is C19H20BrNO. The maximum absolute atomic E-state index is 11.9. The van der Waals surface area contributed by atoms with Gasteiger partial charge in [-0.1, -0.05) is 71.2 Å². The van der Waals surface area contributed by atoms with E-state index in [-0.39, 0.29) is 5.54 Å². The molecule has 1 aliphatic carbocycles. The lowest BCUT2D eigenvalue weighted by Crippen LogP contribution is -2.42. The Morgan fingerprint density at radius 2 is 1.77 bits per heavy atom. The summed E-state index contributed by atoms with van der Waals surface area (Å²) in [6.45, 7) is 0.651. The van der Waals surface area contributed by atoms with Crippen LogP contribution in [0.15, 0.2) is 59.1 Å². The van der Waals surface area contributed by atoms with Crippen LogP contribution in [-0.2, 0) is 16.9 Å². The number of nitrogens with zero attached hydrogens (tertiary/aromatic N) is 1. The van der Waals surface area contributed by atoms with E-state index in [1.54, 1.807) is 0 Å². The first-order chi connectivity index (χ1) is 10.7. The molecule has 0 N–H and O–H groups in total. The fourth-order valence-corrected chi connectivity index (χ4v) is 4.02. The number of halogens is 1. The second kappa shape index (κ2) is 6.66. The van der Waals surface area contributed by atoms with Gasteiger partial charge in [-0.25, -0.2) is 0 Å². The second-order valence-corrected chi connectivity index (χ2v) is 6.88. The molecule has 0 radical (unpaired) electrons. The van der Waals surface area contributed by atoms with Crippen LogP contribution in [0.25, 0.3) is 0 Å². The maximum Gasteiger partial charge on any atom is 0.210 e. The Balaban J connectivity index is 1.94. The van der Waals surface area contributed by atoms with E-state index in [0.29, 0.717) is 6.54 Å². The summed E-state index contributed by atoms with van der Waals surface area (Å²) in [6, 6.07) is 18.7. The molecule has 0 bridgehead atoms. The molecule has 2 aromatic rings. The Morgan fingerprint density at radius 1 is 1.05 bits per heavy atom. The Labute approximate surface area is 140 Å². The smallest absolute Gasteiger partial charge is 0.210 e. The van der Waals surface area contributed by atoms with E-state index in [9.17, 15) is 4.79 Å². The van der Waals surface area contributed by atoms with Crippen LogP contribution in [0.2, 0.25) is 0 Å². The monoisotopic (exact) mass is 357 g/mol. The fourth-order valence-electron chi connectivity index (χ4n) is 3.57. The predicted octanol–water partition coefficient (Wildman–Crippen LogP) is 4.88. The molecule has 22 heavy (non-hydrogen) atoms. The molecule has 0 unspecified atom stereocenters. The molecule has 0 aromatic heterocycles. The summed E-state index contributed by atoms with van der Waals surface area (Å²) >= 11 is 3.51. The summed E-state index contributed by atoms with van der Waals surface area (Å²) in [5.74, 6) is 0. The van der Waals surface area contributed by atoms with Gasteiger partial charge in [0.25, 0.3) is 0 Å². The van der Waals surface area contributed by atoms with Crippen molar-refractivity contribution >= 4 is 22.3 Å². The van der Waals surface area contributed by atoms with Gasteiger partial charge >= 0.3 is 0 Å². The van der Waals surface area contributed by atoms with Gasteiger partial charge in [-0.15, -0.1) is 0 Å². The Hall–Kier alpha value is -1.61. The van der Waals surface area contributed by atoms with Crippen molar-refractivity contribution in [3.8, 4) is 0 Å². The van der Waals surface area contributed by atoms with E-state index in [0.717, 1.165) is 29.3 Å². The van der Waals surface area contributed by atoms with E-state index in [1.807, 2.05) is 23.1 Å². The van der Waals surface area contributed by atoms with Crippen molar-refractivity contribution in [2.75, 3.05) is 0 Å². The number of hydrogen-bond donors (Lipinski definition) is 0. The van der Waals surface area contributed by atoms with Crippen molar-refractivity contribution in [2.45, 2.75) is 37.8 Å². The highest BCUT2D eigenvalue weighted by molar-refractivity contribution is 9.10. The molecule has 114 valence electrons. The molecule has 1 saturated carbocycles. The minimum Gasteiger partial charge on any atom is -0.331 e. The lowest BCUT2D eigenvalue weighted by Gasteiger charge is -2.39. The van der Waals surface area contributed by atoms with Crippen molar-refractivity contribution in [1.82, 2.24) is 4.90 Å². The molecule has 0 atom stereocenters. The minimum absolute atomic E-state index is 0.147. The fraction of sp³-hybridized carbons (Fsp3) is 0.316. The first-order valence-corrected chi connectivity index (χ1v) is 8.56. The van der Waals surface area contributed by atoms with E-state index in [4.69, 9.17) is 0 Å². The first-order valence-electron chi connectivity index (χ1n) is 7.77. The lowest BCUT2D eigenvalue weighted by atomic mass is 9.86. The summed E-state index contributed by atoms with van der Waals surface area (Å²) in [7, 11) is 0. The highest BCUT2D eigenvalue weighted by Gasteiger charge is 2.40. The van der Waals surface area contributed by atoms with Crippen LogP contribution in [0.4, 0.5) is 0 Å². The van der Waals surface area contributed by atoms with Crippen LogP contribution in [0.5, 0.6) is 0 Å². The highest BCUT2D eigenvalue weighted by atomic mass is 79.9. The third kappa shape index (κ3) is 2.95. The molecule has 0 saturated heterocycles. The van der Waals surface area contributed by atoms with Crippen LogP contribution in [0, 0.1) is 0 Å². The maximum atomic E-state index is 11.9. The number of carbonyl (C=O) groups excluding carboxylic acids is 1. The first kappa shape index (κ1) is 15.3. The molecule has 1 amide bonds. The van der Waals surface area contributed by atoms with Crippen molar-refractivity contribution in [1.29, 1.82) is 0 Å². The van der Waals surface area contributed by atoms with Gasteiger partial charge in [0.2, 0.25) is 6.41 Å². The van der Waals surface area contributed by atoms with Crippen molar-refractivity contribution < 1.29 is 4.79 Å². The largest absolute Gasteiger partial charge is 0.331 e. The number of rotatable bonds is 5. The average molecular weight is 358 g/mol. The number of amides is 1. The quantitative estimate of drug-likeness (QED) is 0.698. The summed E-state index contributed by atoms with van der Waals surface area (Å²) in [5, 5.41) is 0. The van der Waals surface area contributed by atoms with E-state index in [1.165, 1.54) is 18.4 Å². The summed E-state index contributed by atoms with van der Waals surface area (Å²) in [6.07, 6.45) is 5.47. The predicted molar refractivity (Wildman–Crippen MR) is 92.3 cm³/mol. The molecule has 0 aliphatic heterocycles. The Bertz CT molecular complexity index is 635. The summed E-state index contributed by atoms with van der Waals surface area (Å²) < 4.78 is 1.05. The van der Waals surface area contributed by atoms with Gasteiger partial charge in [-0.2, -0.15) is 0 Å². The molecule has 2 nitrogen and oxygen atoms in total. The van der Waals surface area contributed by atoms with Crippen LogP contribution in [0.3, 0.4) is 0 Å². The zero-order valence-corrected chi connectivity index (χ0v) is 14.1. The number of carbonyl (C=O) groups is 1. The Morgan fingerprint density at radius 3 is 2.41 bits per heavy atom. The molecule has 1 fully saturated rings. The van der Waals surface area contributed by atoms with Crippen LogP contribution in [0.1, 0.15) is 36.8 Å². The third-order valence-electron chi connectivity index (χ3n) is 4.66. The van der Waals surface area contributed by atoms with Crippen molar-refractivity contribution in [2.24, 2.45) is 0 Å². The molecular weight excluding hydrogens is 338 g/mol. The van der Waals surface area contributed by atoms with Crippen LogP contribution in [-0.4, -0.2) is 11.3 Å². The van der Waals surface area contributed by atoms with Crippen molar-refractivity contribution in [3.63, 3.8) is 0 Å². The second-order valence-electron chi connectivity index (χ2n) is 5.97. The molecule has 1 aliphatic rings. The average Bonchev–Trinajstić information content (AvgIpc) is 3.04.